The van der Waals surface area contributed by atoms with Gasteiger partial charge in [0.1, 0.15) is 0 Å². The number of morpholine rings is 1. The number of allylic oxidation sites excluding steroid dienone is 2. The topological polar surface area (TPSA) is 75.7 Å². The van der Waals surface area contributed by atoms with Crippen molar-refractivity contribution in [2.75, 3.05) is 19.8 Å². The van der Waals surface area contributed by atoms with E-state index in [1.165, 1.54) is 29.6 Å². The van der Waals surface area contributed by atoms with E-state index in [9.17, 15) is 13.2 Å². The Morgan fingerprint density at radius 2 is 1.76 bits per heavy atom. The van der Waals surface area contributed by atoms with E-state index in [2.05, 4.69) is 28.7 Å². The molecule has 2 aromatic rings. The fourth-order valence-corrected chi connectivity index (χ4v) is 7.80. The normalized spacial score (nSPS) is 26.3. The van der Waals surface area contributed by atoms with Gasteiger partial charge in [0.2, 0.25) is 15.9 Å². The highest BCUT2D eigenvalue weighted by Gasteiger charge is 2.41. The first kappa shape index (κ1) is 24.8. The van der Waals surface area contributed by atoms with Gasteiger partial charge in [-0.25, -0.2) is 13.1 Å². The Kier molecular flexibility index (Phi) is 6.72. The van der Waals surface area contributed by atoms with E-state index in [-0.39, 0.29) is 23.9 Å². The van der Waals surface area contributed by atoms with E-state index in [0.717, 1.165) is 30.4 Å². The number of hydrogen-bond acceptors (Lipinski definition) is 4. The van der Waals surface area contributed by atoms with E-state index in [0.29, 0.717) is 43.4 Å². The van der Waals surface area contributed by atoms with Gasteiger partial charge >= 0.3 is 0 Å². The molecule has 6 rings (SSSR count). The zero-order chi connectivity index (χ0) is 25.6. The first-order valence-corrected chi connectivity index (χ1v) is 15.2. The van der Waals surface area contributed by atoms with Crippen molar-refractivity contribution in [1.29, 1.82) is 0 Å². The van der Waals surface area contributed by atoms with Gasteiger partial charge in [-0.1, -0.05) is 36.4 Å². The lowest BCUT2D eigenvalue weighted by Gasteiger charge is -2.39. The third-order valence-electron chi connectivity index (χ3n) is 8.75. The predicted octanol–water partition coefficient (Wildman–Crippen LogP) is 4.65. The number of carbonyl (C=O) groups excluding carboxylic acids is 1. The van der Waals surface area contributed by atoms with Gasteiger partial charge in [0.15, 0.2) is 0 Å². The first-order chi connectivity index (χ1) is 17.9. The Balaban J connectivity index is 1.08. The lowest BCUT2D eigenvalue weighted by molar-refractivity contribution is -0.146. The second-order valence-electron chi connectivity index (χ2n) is 11.1. The molecule has 4 aliphatic rings. The third kappa shape index (κ3) is 5.01. The number of rotatable bonds is 6. The minimum atomic E-state index is -3.63. The minimum Gasteiger partial charge on any atom is -0.377 e. The van der Waals surface area contributed by atoms with Gasteiger partial charge in [0.05, 0.1) is 24.2 Å². The molecule has 0 unspecified atom stereocenters. The van der Waals surface area contributed by atoms with Gasteiger partial charge in [-0.15, -0.1) is 0 Å². The zero-order valence-electron chi connectivity index (χ0n) is 21.5. The van der Waals surface area contributed by atoms with Crippen molar-refractivity contribution < 1.29 is 17.9 Å². The summed E-state index contributed by atoms with van der Waals surface area (Å²) in [5.74, 6) is 0.838. The van der Waals surface area contributed by atoms with Crippen LogP contribution in [0.3, 0.4) is 0 Å². The van der Waals surface area contributed by atoms with Gasteiger partial charge in [-0.2, -0.15) is 0 Å². The molecule has 1 atom stereocenters. The number of ether oxygens (including phenoxy) is 1. The summed E-state index contributed by atoms with van der Waals surface area (Å²) >= 11 is 0. The fraction of sp³-hybridized carbons (Fsp3) is 0.500. The van der Waals surface area contributed by atoms with Gasteiger partial charge in [0.25, 0.3) is 0 Å². The second-order valence-corrected chi connectivity index (χ2v) is 12.9. The minimum absolute atomic E-state index is 0.00874. The summed E-state index contributed by atoms with van der Waals surface area (Å²) in [5, 5.41) is 0. The lowest BCUT2D eigenvalue weighted by atomic mass is 9.85. The molecular weight excluding hydrogens is 484 g/mol. The Morgan fingerprint density at radius 3 is 2.49 bits per heavy atom. The molecule has 2 aromatic carbocycles. The summed E-state index contributed by atoms with van der Waals surface area (Å²) in [4.78, 5) is 15.7. The molecule has 1 N–H and O–H groups in total. The van der Waals surface area contributed by atoms with E-state index >= 15 is 0 Å². The number of sulfonamides is 1. The summed E-state index contributed by atoms with van der Waals surface area (Å²) in [7, 11) is -3.63. The highest BCUT2D eigenvalue weighted by Crippen LogP contribution is 2.40. The average molecular weight is 521 g/mol. The molecule has 0 spiro atoms. The van der Waals surface area contributed by atoms with Crippen LogP contribution < -0.4 is 4.72 Å². The number of hydrogen-bond donors (Lipinski definition) is 1. The van der Waals surface area contributed by atoms with Crippen molar-refractivity contribution in [3.05, 3.63) is 65.2 Å². The maximum absolute atomic E-state index is 13.3. The summed E-state index contributed by atoms with van der Waals surface area (Å²) < 4.78 is 35.2. The fourth-order valence-electron chi connectivity index (χ4n) is 6.44. The number of benzene rings is 2. The summed E-state index contributed by atoms with van der Waals surface area (Å²) in [6.45, 7) is 4.08. The van der Waals surface area contributed by atoms with Crippen molar-refractivity contribution in [2.45, 2.75) is 68.8 Å². The maximum atomic E-state index is 13.3. The molecule has 3 aliphatic carbocycles. The highest BCUT2D eigenvalue weighted by atomic mass is 32.2. The predicted molar refractivity (Wildman–Crippen MR) is 144 cm³/mol. The van der Waals surface area contributed by atoms with Crippen LogP contribution in [0.25, 0.3) is 11.1 Å². The SMILES string of the molecule is CC1=C(c2ccccc2)Cc2cc(S(=O)(=O)NC3CCC(C(=O)N4CCOC[C@@H]4C4CC4)CC3)ccc21. The molecule has 1 aliphatic heterocycles. The van der Waals surface area contributed by atoms with Crippen molar-refractivity contribution >= 4 is 27.1 Å². The smallest absolute Gasteiger partial charge is 0.240 e. The van der Waals surface area contributed by atoms with E-state index in [4.69, 9.17) is 4.74 Å². The average Bonchev–Trinajstić information content (AvgIpc) is 3.72. The zero-order valence-corrected chi connectivity index (χ0v) is 22.3. The van der Waals surface area contributed by atoms with Crippen LogP contribution in [0, 0.1) is 11.8 Å². The molecular formula is C30H36N2O4S. The molecule has 0 radical (unpaired) electrons. The van der Waals surface area contributed by atoms with Crippen molar-refractivity contribution in [1.82, 2.24) is 9.62 Å². The Bertz CT molecular complexity index is 1310. The second kappa shape index (κ2) is 10.0. The van der Waals surface area contributed by atoms with E-state index in [1.54, 1.807) is 6.07 Å². The van der Waals surface area contributed by atoms with Crippen molar-refractivity contribution in [3.63, 3.8) is 0 Å². The van der Waals surface area contributed by atoms with Gasteiger partial charge in [0, 0.05) is 18.5 Å². The number of amides is 1. The molecule has 2 saturated carbocycles. The Labute approximate surface area is 220 Å². The molecule has 1 heterocycles. The highest BCUT2D eigenvalue weighted by molar-refractivity contribution is 7.89. The van der Waals surface area contributed by atoms with Crippen molar-refractivity contribution in [3.8, 4) is 0 Å². The Hall–Kier alpha value is -2.48. The summed E-state index contributed by atoms with van der Waals surface area (Å²) in [6, 6.07) is 15.9. The molecule has 0 aromatic heterocycles. The van der Waals surface area contributed by atoms with Crippen LogP contribution in [0.2, 0.25) is 0 Å². The number of fused-ring (bicyclic) bond motifs is 1. The van der Waals surface area contributed by atoms with Crippen LogP contribution in [0.15, 0.2) is 53.4 Å². The van der Waals surface area contributed by atoms with Crippen LogP contribution in [-0.4, -0.2) is 51.1 Å². The van der Waals surface area contributed by atoms with Gasteiger partial charge in [-0.05, 0) is 97.8 Å². The Morgan fingerprint density at radius 1 is 1.00 bits per heavy atom. The van der Waals surface area contributed by atoms with E-state index < -0.39 is 10.0 Å². The first-order valence-electron chi connectivity index (χ1n) is 13.7. The number of carbonyl (C=O) groups is 1. The van der Waals surface area contributed by atoms with Crippen LogP contribution in [0.1, 0.15) is 62.1 Å². The monoisotopic (exact) mass is 520 g/mol. The van der Waals surface area contributed by atoms with E-state index in [1.807, 2.05) is 30.3 Å². The lowest BCUT2D eigenvalue weighted by Crippen LogP contribution is -2.52. The quantitative estimate of drug-likeness (QED) is 0.602. The molecule has 37 heavy (non-hydrogen) atoms. The molecule has 196 valence electrons. The van der Waals surface area contributed by atoms with Crippen molar-refractivity contribution in [2.24, 2.45) is 11.8 Å². The molecule has 7 heteroatoms. The number of nitrogens with one attached hydrogen (secondary N) is 1. The molecule has 1 saturated heterocycles. The largest absolute Gasteiger partial charge is 0.377 e. The van der Waals surface area contributed by atoms with Crippen LogP contribution >= 0.6 is 0 Å². The summed E-state index contributed by atoms with van der Waals surface area (Å²) in [6.07, 6.45) is 5.97. The maximum Gasteiger partial charge on any atom is 0.240 e. The van der Waals surface area contributed by atoms with Crippen LogP contribution in [-0.2, 0) is 26.0 Å². The molecule has 1 amide bonds. The molecule has 6 nitrogen and oxygen atoms in total. The molecule has 0 bridgehead atoms. The van der Waals surface area contributed by atoms with Gasteiger partial charge in [-0.3, -0.25) is 4.79 Å². The van der Waals surface area contributed by atoms with Gasteiger partial charge < -0.3 is 9.64 Å². The summed E-state index contributed by atoms with van der Waals surface area (Å²) in [5.41, 5.74) is 5.84. The standard InChI is InChI=1S/C30H36N2O4S/c1-20-27-14-13-26(17-24(27)18-28(20)21-5-3-2-4-6-21)37(34,35)31-25-11-9-23(10-12-25)30(33)32-15-16-36-19-29(32)22-7-8-22/h2-6,13-14,17,22-23,25,29,31H,7-12,15-16,18-19H2,1H3/t23?,25?,29-/m1/s1. The molecule has 3 fully saturated rings. The number of nitrogens with zero attached hydrogens (tertiary/aromatic N) is 1. The van der Waals surface area contributed by atoms with Crippen LogP contribution in [0.5, 0.6) is 0 Å². The van der Waals surface area contributed by atoms with Crippen LogP contribution in [0.4, 0.5) is 0 Å². The third-order valence-corrected chi connectivity index (χ3v) is 10.3.